The summed E-state index contributed by atoms with van der Waals surface area (Å²) in [6, 6.07) is 15.3. The molecule has 0 saturated heterocycles. The molecule has 94 valence electrons. The van der Waals surface area contributed by atoms with Gasteiger partial charge in [-0.25, -0.2) is 4.39 Å². The SMILES string of the molecule is Fc1ccc(Br)cc1CCC(Br)c1ccccc1. The maximum Gasteiger partial charge on any atom is 0.126 e. The number of aryl methyl sites for hydroxylation is 1. The minimum Gasteiger partial charge on any atom is -0.207 e. The van der Waals surface area contributed by atoms with Gasteiger partial charge in [-0.3, -0.25) is 0 Å². The molecule has 0 spiro atoms. The van der Waals surface area contributed by atoms with Gasteiger partial charge in [0.1, 0.15) is 5.82 Å². The lowest BCUT2D eigenvalue weighted by atomic mass is 10.0. The first-order chi connectivity index (χ1) is 8.66. The van der Waals surface area contributed by atoms with E-state index in [0.717, 1.165) is 22.9 Å². The molecule has 0 nitrogen and oxygen atoms in total. The van der Waals surface area contributed by atoms with E-state index in [4.69, 9.17) is 0 Å². The molecule has 3 heteroatoms. The van der Waals surface area contributed by atoms with Crippen LogP contribution in [0.3, 0.4) is 0 Å². The molecule has 0 amide bonds. The van der Waals surface area contributed by atoms with Crippen molar-refractivity contribution < 1.29 is 4.39 Å². The van der Waals surface area contributed by atoms with Gasteiger partial charge in [0.2, 0.25) is 0 Å². The Hall–Kier alpha value is -0.670. The van der Waals surface area contributed by atoms with Crippen molar-refractivity contribution in [1.29, 1.82) is 0 Å². The van der Waals surface area contributed by atoms with Crippen LogP contribution in [0.15, 0.2) is 53.0 Å². The summed E-state index contributed by atoms with van der Waals surface area (Å²) in [5.41, 5.74) is 1.98. The zero-order chi connectivity index (χ0) is 13.0. The number of hydrogen-bond acceptors (Lipinski definition) is 0. The first-order valence-corrected chi connectivity index (χ1v) is 7.50. The molecule has 2 aromatic rings. The highest BCUT2D eigenvalue weighted by Gasteiger charge is 2.09. The molecule has 0 aromatic heterocycles. The second-order valence-electron chi connectivity index (χ2n) is 4.15. The average molecular weight is 372 g/mol. The lowest BCUT2D eigenvalue weighted by molar-refractivity contribution is 0.603. The number of rotatable bonds is 4. The lowest BCUT2D eigenvalue weighted by Crippen LogP contribution is -1.96. The third kappa shape index (κ3) is 3.66. The van der Waals surface area contributed by atoms with Crippen molar-refractivity contribution >= 4 is 31.9 Å². The maximum atomic E-state index is 13.6. The number of alkyl halides is 1. The quantitative estimate of drug-likeness (QED) is 0.608. The number of benzene rings is 2. The Morgan fingerprint density at radius 2 is 1.78 bits per heavy atom. The molecule has 0 bridgehead atoms. The van der Waals surface area contributed by atoms with E-state index in [0.29, 0.717) is 0 Å². The van der Waals surface area contributed by atoms with Gasteiger partial charge in [0.25, 0.3) is 0 Å². The van der Waals surface area contributed by atoms with Crippen molar-refractivity contribution in [3.63, 3.8) is 0 Å². The Morgan fingerprint density at radius 1 is 1.06 bits per heavy atom. The van der Waals surface area contributed by atoms with Crippen molar-refractivity contribution in [2.75, 3.05) is 0 Å². The van der Waals surface area contributed by atoms with Crippen LogP contribution in [0.1, 0.15) is 22.4 Å². The Balaban J connectivity index is 2.01. The van der Waals surface area contributed by atoms with Crippen LogP contribution >= 0.6 is 31.9 Å². The van der Waals surface area contributed by atoms with Crippen LogP contribution in [0.4, 0.5) is 4.39 Å². The van der Waals surface area contributed by atoms with Crippen LogP contribution in [0.25, 0.3) is 0 Å². The molecular weight excluding hydrogens is 359 g/mol. The summed E-state index contributed by atoms with van der Waals surface area (Å²) in [7, 11) is 0. The van der Waals surface area contributed by atoms with Crippen LogP contribution in [0.2, 0.25) is 0 Å². The highest BCUT2D eigenvalue weighted by atomic mass is 79.9. The van der Waals surface area contributed by atoms with E-state index in [1.54, 1.807) is 6.07 Å². The summed E-state index contributed by atoms with van der Waals surface area (Å²) in [6.45, 7) is 0. The molecule has 2 aromatic carbocycles. The molecule has 18 heavy (non-hydrogen) atoms. The van der Waals surface area contributed by atoms with Gasteiger partial charge in [-0.2, -0.15) is 0 Å². The monoisotopic (exact) mass is 370 g/mol. The van der Waals surface area contributed by atoms with E-state index in [1.807, 2.05) is 24.3 Å². The van der Waals surface area contributed by atoms with Gasteiger partial charge in [-0.05, 0) is 42.2 Å². The molecule has 0 aliphatic heterocycles. The van der Waals surface area contributed by atoms with Gasteiger partial charge >= 0.3 is 0 Å². The average Bonchev–Trinajstić information content (AvgIpc) is 2.40. The molecule has 0 aliphatic carbocycles. The molecule has 1 atom stereocenters. The standard InChI is InChI=1S/C15H13Br2F/c16-13-7-9-15(18)12(10-13)6-8-14(17)11-4-2-1-3-5-11/h1-5,7,9-10,14H,6,8H2. The Bertz CT molecular complexity index is 511. The second-order valence-corrected chi connectivity index (χ2v) is 6.17. The van der Waals surface area contributed by atoms with E-state index in [9.17, 15) is 4.39 Å². The first-order valence-electron chi connectivity index (χ1n) is 5.80. The highest BCUT2D eigenvalue weighted by molar-refractivity contribution is 9.10. The van der Waals surface area contributed by atoms with Crippen molar-refractivity contribution in [1.82, 2.24) is 0 Å². The molecule has 0 N–H and O–H groups in total. The Morgan fingerprint density at radius 3 is 2.50 bits per heavy atom. The van der Waals surface area contributed by atoms with Crippen LogP contribution in [0.5, 0.6) is 0 Å². The van der Waals surface area contributed by atoms with Gasteiger partial charge in [0.05, 0.1) is 0 Å². The molecule has 1 unspecified atom stereocenters. The van der Waals surface area contributed by atoms with Crippen LogP contribution in [-0.4, -0.2) is 0 Å². The summed E-state index contributed by atoms with van der Waals surface area (Å²) in [5.74, 6) is -0.133. The molecule has 0 fully saturated rings. The zero-order valence-electron chi connectivity index (χ0n) is 9.74. The van der Waals surface area contributed by atoms with Crippen molar-refractivity contribution in [2.24, 2.45) is 0 Å². The molecule has 2 rings (SSSR count). The van der Waals surface area contributed by atoms with Gasteiger partial charge in [0.15, 0.2) is 0 Å². The minimum atomic E-state index is -0.133. The fourth-order valence-electron chi connectivity index (χ4n) is 1.85. The summed E-state index contributed by atoms with van der Waals surface area (Å²) in [5, 5.41) is 0. The predicted molar refractivity (Wildman–Crippen MR) is 80.5 cm³/mol. The topological polar surface area (TPSA) is 0 Å². The van der Waals surface area contributed by atoms with E-state index in [2.05, 4.69) is 44.0 Å². The maximum absolute atomic E-state index is 13.6. The molecular formula is C15H13Br2F. The zero-order valence-corrected chi connectivity index (χ0v) is 12.9. The van der Waals surface area contributed by atoms with Crippen molar-refractivity contribution in [3.05, 3.63) is 69.9 Å². The molecule has 0 aliphatic rings. The fraction of sp³-hybridized carbons (Fsp3) is 0.200. The summed E-state index contributed by atoms with van der Waals surface area (Å²) >= 11 is 7.02. The fourth-order valence-corrected chi connectivity index (χ4v) is 2.79. The molecule has 0 heterocycles. The molecule has 0 radical (unpaired) electrons. The van der Waals surface area contributed by atoms with Crippen molar-refractivity contribution in [2.45, 2.75) is 17.7 Å². The normalized spacial score (nSPS) is 12.4. The predicted octanol–water partition coefficient (Wildman–Crippen LogP) is 5.66. The van der Waals surface area contributed by atoms with Gasteiger partial charge in [0, 0.05) is 9.30 Å². The number of hydrogen-bond donors (Lipinski definition) is 0. The van der Waals surface area contributed by atoms with Gasteiger partial charge in [-0.15, -0.1) is 0 Å². The minimum absolute atomic E-state index is 0.133. The summed E-state index contributed by atoms with van der Waals surface area (Å²) < 4.78 is 14.5. The van der Waals surface area contributed by atoms with Crippen LogP contribution < -0.4 is 0 Å². The Labute approximate surface area is 123 Å². The van der Waals surface area contributed by atoms with Crippen molar-refractivity contribution in [3.8, 4) is 0 Å². The largest absolute Gasteiger partial charge is 0.207 e. The highest BCUT2D eigenvalue weighted by Crippen LogP contribution is 2.28. The smallest absolute Gasteiger partial charge is 0.126 e. The second kappa shape index (κ2) is 6.48. The van der Waals surface area contributed by atoms with E-state index in [-0.39, 0.29) is 10.6 Å². The van der Waals surface area contributed by atoms with E-state index >= 15 is 0 Å². The van der Waals surface area contributed by atoms with Gasteiger partial charge in [-0.1, -0.05) is 62.2 Å². The summed E-state index contributed by atoms with van der Waals surface area (Å²) in [4.78, 5) is 0.261. The molecule has 0 saturated carbocycles. The third-order valence-corrected chi connectivity index (χ3v) is 4.32. The first kappa shape index (κ1) is 13.8. The number of halogens is 3. The van der Waals surface area contributed by atoms with Crippen LogP contribution in [0, 0.1) is 5.82 Å². The summed E-state index contributed by atoms with van der Waals surface area (Å²) in [6.07, 6.45) is 1.59. The van der Waals surface area contributed by atoms with E-state index in [1.165, 1.54) is 11.6 Å². The van der Waals surface area contributed by atoms with E-state index < -0.39 is 0 Å². The van der Waals surface area contributed by atoms with Crippen LogP contribution in [-0.2, 0) is 6.42 Å². The third-order valence-electron chi connectivity index (χ3n) is 2.84. The lowest BCUT2D eigenvalue weighted by Gasteiger charge is -2.10. The van der Waals surface area contributed by atoms with Gasteiger partial charge < -0.3 is 0 Å². The Kier molecular flexibility index (Phi) is 4.95.